The van der Waals surface area contributed by atoms with Crippen LogP contribution in [0.4, 0.5) is 0 Å². The van der Waals surface area contributed by atoms with Crippen molar-refractivity contribution in [1.82, 2.24) is 5.32 Å². The van der Waals surface area contributed by atoms with Crippen LogP contribution in [0.3, 0.4) is 0 Å². The van der Waals surface area contributed by atoms with Gasteiger partial charge in [-0.05, 0) is 43.7 Å². The van der Waals surface area contributed by atoms with E-state index in [-0.39, 0.29) is 0 Å². The van der Waals surface area contributed by atoms with Crippen molar-refractivity contribution in [2.75, 3.05) is 0 Å². The highest BCUT2D eigenvalue weighted by atomic mass is 15.0. The van der Waals surface area contributed by atoms with E-state index >= 15 is 0 Å². The normalized spacial score (nSPS) is 23.1. The molecule has 2 aromatic carbocycles. The minimum atomic E-state index is 0.441. The van der Waals surface area contributed by atoms with Gasteiger partial charge in [0.1, 0.15) is 0 Å². The molecule has 104 valence electrons. The molecule has 0 aliphatic heterocycles. The Morgan fingerprint density at radius 1 is 1.00 bits per heavy atom. The summed E-state index contributed by atoms with van der Waals surface area (Å²) in [6.07, 6.45) is 2.53. The predicted octanol–water partition coefficient (Wildman–Crippen LogP) is 4.59. The molecule has 3 rings (SSSR count). The Balaban J connectivity index is 1.54. The molecule has 0 spiro atoms. The molecule has 1 heteroatoms. The van der Waals surface area contributed by atoms with E-state index in [0.717, 1.165) is 5.92 Å². The van der Waals surface area contributed by atoms with Crippen LogP contribution in [0.2, 0.25) is 0 Å². The second-order valence-electron chi connectivity index (χ2n) is 6.08. The fourth-order valence-electron chi connectivity index (χ4n) is 3.14. The number of benzene rings is 2. The second kappa shape index (κ2) is 5.80. The lowest BCUT2D eigenvalue weighted by molar-refractivity contribution is 0.271. The largest absolute Gasteiger partial charge is 0.307 e. The maximum atomic E-state index is 3.76. The van der Waals surface area contributed by atoms with E-state index in [0.29, 0.717) is 12.1 Å². The first kappa shape index (κ1) is 13.4. The lowest BCUT2D eigenvalue weighted by Gasteiger charge is -2.38. The van der Waals surface area contributed by atoms with Crippen LogP contribution >= 0.6 is 0 Å². The molecular formula is C19H23N. The van der Waals surface area contributed by atoms with Crippen molar-refractivity contribution in [2.24, 2.45) is 0 Å². The molecule has 1 atom stereocenters. The molecule has 1 aliphatic rings. The van der Waals surface area contributed by atoms with Gasteiger partial charge in [0.2, 0.25) is 0 Å². The Labute approximate surface area is 122 Å². The average molecular weight is 265 g/mol. The number of rotatable bonds is 4. The molecule has 0 unspecified atom stereocenters. The van der Waals surface area contributed by atoms with Crippen molar-refractivity contribution >= 4 is 0 Å². The van der Waals surface area contributed by atoms with E-state index in [9.17, 15) is 0 Å². The van der Waals surface area contributed by atoms with Crippen molar-refractivity contribution in [3.63, 3.8) is 0 Å². The van der Waals surface area contributed by atoms with Crippen molar-refractivity contribution in [1.29, 1.82) is 0 Å². The van der Waals surface area contributed by atoms with Crippen LogP contribution in [0.25, 0.3) is 0 Å². The summed E-state index contributed by atoms with van der Waals surface area (Å²) in [6.45, 7) is 4.43. The van der Waals surface area contributed by atoms with Gasteiger partial charge in [0.15, 0.2) is 0 Å². The lowest BCUT2D eigenvalue weighted by Crippen LogP contribution is -2.41. The molecule has 1 N–H and O–H groups in total. The summed E-state index contributed by atoms with van der Waals surface area (Å²) in [5.74, 6) is 0.749. The third-order valence-electron chi connectivity index (χ3n) is 4.44. The van der Waals surface area contributed by atoms with Crippen molar-refractivity contribution in [2.45, 2.75) is 44.7 Å². The van der Waals surface area contributed by atoms with Crippen LogP contribution < -0.4 is 5.32 Å². The molecule has 20 heavy (non-hydrogen) atoms. The van der Waals surface area contributed by atoms with Crippen molar-refractivity contribution in [3.05, 3.63) is 71.3 Å². The van der Waals surface area contributed by atoms with E-state index in [1.54, 1.807) is 0 Å². The molecule has 1 nitrogen and oxygen atoms in total. The fraction of sp³-hybridized carbons (Fsp3) is 0.368. The van der Waals surface area contributed by atoms with Gasteiger partial charge in [-0.3, -0.25) is 0 Å². The van der Waals surface area contributed by atoms with Gasteiger partial charge in [0.05, 0.1) is 0 Å². The van der Waals surface area contributed by atoms with Crippen molar-refractivity contribution < 1.29 is 0 Å². The Morgan fingerprint density at radius 3 is 2.45 bits per heavy atom. The molecular weight excluding hydrogens is 242 g/mol. The quantitative estimate of drug-likeness (QED) is 0.852. The minimum Gasteiger partial charge on any atom is -0.307 e. The van der Waals surface area contributed by atoms with E-state index < -0.39 is 0 Å². The first-order chi connectivity index (χ1) is 9.72. The number of hydrogen-bond acceptors (Lipinski definition) is 1. The maximum absolute atomic E-state index is 3.76. The highest BCUT2D eigenvalue weighted by molar-refractivity contribution is 5.26. The molecule has 1 saturated carbocycles. The first-order valence-corrected chi connectivity index (χ1v) is 7.60. The molecule has 0 aromatic heterocycles. The van der Waals surface area contributed by atoms with E-state index in [1.807, 2.05) is 0 Å². The van der Waals surface area contributed by atoms with Crippen LogP contribution in [0.5, 0.6) is 0 Å². The summed E-state index contributed by atoms with van der Waals surface area (Å²) in [5.41, 5.74) is 4.23. The molecule has 0 amide bonds. The SMILES string of the molecule is Cc1cccc([C@H](C)NC2CC(c3ccccc3)C2)c1. The molecule has 0 saturated heterocycles. The van der Waals surface area contributed by atoms with Gasteiger partial charge in [0, 0.05) is 12.1 Å². The topological polar surface area (TPSA) is 12.0 Å². The van der Waals surface area contributed by atoms with E-state index in [2.05, 4.69) is 73.8 Å². The number of aryl methyl sites for hydroxylation is 1. The summed E-state index contributed by atoms with van der Waals surface area (Å²) in [7, 11) is 0. The Bertz CT molecular complexity index is 555. The van der Waals surface area contributed by atoms with Gasteiger partial charge in [-0.2, -0.15) is 0 Å². The van der Waals surface area contributed by atoms with Gasteiger partial charge in [0.25, 0.3) is 0 Å². The summed E-state index contributed by atoms with van der Waals surface area (Å²) >= 11 is 0. The van der Waals surface area contributed by atoms with Crippen molar-refractivity contribution in [3.8, 4) is 0 Å². The van der Waals surface area contributed by atoms with Crippen LogP contribution in [0.1, 0.15) is 48.4 Å². The summed E-state index contributed by atoms with van der Waals surface area (Å²) in [5, 5.41) is 3.76. The second-order valence-corrected chi connectivity index (χ2v) is 6.08. The number of hydrogen-bond donors (Lipinski definition) is 1. The standard InChI is InChI=1S/C19H23N/c1-14-7-6-10-17(11-14)15(2)20-19-12-18(13-19)16-8-4-3-5-9-16/h3-11,15,18-20H,12-13H2,1-2H3/t15-,18?,19?/m0/s1. The van der Waals surface area contributed by atoms with Crippen LogP contribution in [0.15, 0.2) is 54.6 Å². The highest BCUT2D eigenvalue weighted by Crippen LogP contribution is 2.37. The number of nitrogens with one attached hydrogen (secondary N) is 1. The van der Waals surface area contributed by atoms with Crippen LogP contribution in [0, 0.1) is 6.92 Å². The predicted molar refractivity (Wildman–Crippen MR) is 84.9 cm³/mol. The molecule has 0 bridgehead atoms. The molecule has 1 aliphatic carbocycles. The molecule has 0 radical (unpaired) electrons. The fourth-order valence-corrected chi connectivity index (χ4v) is 3.14. The zero-order valence-electron chi connectivity index (χ0n) is 12.3. The van der Waals surface area contributed by atoms with Gasteiger partial charge < -0.3 is 5.32 Å². The Morgan fingerprint density at radius 2 is 1.75 bits per heavy atom. The third-order valence-corrected chi connectivity index (χ3v) is 4.44. The van der Waals surface area contributed by atoms with Gasteiger partial charge in [-0.25, -0.2) is 0 Å². The Kier molecular flexibility index (Phi) is 3.88. The summed E-state index contributed by atoms with van der Waals surface area (Å²) in [6, 6.07) is 20.8. The summed E-state index contributed by atoms with van der Waals surface area (Å²) in [4.78, 5) is 0. The monoisotopic (exact) mass is 265 g/mol. The van der Waals surface area contributed by atoms with Gasteiger partial charge in [-0.15, -0.1) is 0 Å². The molecule has 0 heterocycles. The third kappa shape index (κ3) is 2.94. The summed E-state index contributed by atoms with van der Waals surface area (Å²) < 4.78 is 0. The zero-order valence-corrected chi connectivity index (χ0v) is 12.3. The van der Waals surface area contributed by atoms with E-state index in [4.69, 9.17) is 0 Å². The lowest BCUT2D eigenvalue weighted by atomic mass is 9.75. The first-order valence-electron chi connectivity index (χ1n) is 7.60. The van der Waals surface area contributed by atoms with E-state index in [1.165, 1.54) is 29.5 Å². The smallest absolute Gasteiger partial charge is 0.0294 e. The van der Waals surface area contributed by atoms with Crippen LogP contribution in [-0.2, 0) is 0 Å². The highest BCUT2D eigenvalue weighted by Gasteiger charge is 2.30. The average Bonchev–Trinajstić information content (AvgIpc) is 2.43. The minimum absolute atomic E-state index is 0.441. The zero-order chi connectivity index (χ0) is 13.9. The van der Waals surface area contributed by atoms with Gasteiger partial charge in [-0.1, -0.05) is 60.2 Å². The molecule has 1 fully saturated rings. The Hall–Kier alpha value is -1.60. The van der Waals surface area contributed by atoms with Crippen LogP contribution in [-0.4, -0.2) is 6.04 Å². The molecule has 2 aromatic rings. The maximum Gasteiger partial charge on any atom is 0.0294 e. The van der Waals surface area contributed by atoms with Gasteiger partial charge >= 0.3 is 0 Å².